The Balaban J connectivity index is 1.12. The Hall–Kier alpha value is -8.34. The molecule has 3 aliphatic rings. The van der Waals surface area contributed by atoms with Gasteiger partial charge in [0.2, 0.25) is 0 Å². The predicted molar refractivity (Wildman–Crippen MR) is 414 cm³/mol. The molecule has 10 aromatic carbocycles. The molecule has 14 rings (SSSR count). The molecule has 0 radical (unpaired) electrons. The Morgan fingerprint density at radius 3 is 1.07 bits per heavy atom. The Bertz CT molecular complexity index is 4770. The molecule has 0 N–H and O–H groups in total. The lowest BCUT2D eigenvalue weighted by Gasteiger charge is -2.45. The van der Waals surface area contributed by atoms with Crippen LogP contribution in [0.3, 0.4) is 0 Å². The van der Waals surface area contributed by atoms with E-state index in [9.17, 15) is 0 Å². The molecule has 0 atom stereocenters. The van der Waals surface area contributed by atoms with Crippen molar-refractivity contribution in [3.05, 3.63) is 239 Å². The van der Waals surface area contributed by atoms with Gasteiger partial charge in [0, 0.05) is 44.9 Å². The van der Waals surface area contributed by atoms with Gasteiger partial charge in [0.25, 0.3) is 6.71 Å². The monoisotopic (exact) mass is 1250 g/mol. The minimum atomic E-state index is -0.133. The number of hydrogen-bond acceptors (Lipinski definition) is 2. The third-order valence-corrected chi connectivity index (χ3v) is 21.6. The molecular weight excluding hydrogens is 1150 g/mol. The fourth-order valence-corrected chi connectivity index (χ4v) is 16.1. The third-order valence-electron chi connectivity index (χ3n) is 21.6. The van der Waals surface area contributed by atoms with Gasteiger partial charge >= 0.3 is 0 Å². The van der Waals surface area contributed by atoms with E-state index in [4.69, 9.17) is 0 Å². The molecule has 482 valence electrons. The zero-order chi connectivity index (χ0) is 67.8. The molecule has 95 heavy (non-hydrogen) atoms. The lowest BCUT2D eigenvalue weighted by atomic mass is 9.33. The van der Waals surface area contributed by atoms with Crippen molar-refractivity contribution in [2.24, 2.45) is 0 Å². The van der Waals surface area contributed by atoms with Crippen LogP contribution in [0.2, 0.25) is 0 Å². The molecule has 3 heterocycles. The van der Waals surface area contributed by atoms with Gasteiger partial charge in [0.05, 0.1) is 16.7 Å². The predicted octanol–water partition coefficient (Wildman–Crippen LogP) is 23.6. The number of hydrogen-bond donors (Lipinski definition) is 0. The van der Waals surface area contributed by atoms with Crippen molar-refractivity contribution in [3.63, 3.8) is 0 Å². The smallest absolute Gasteiger partial charge is 0.252 e. The normalized spacial score (nSPS) is 15.3. The zero-order valence-corrected chi connectivity index (χ0v) is 61.1. The van der Waals surface area contributed by atoms with Crippen LogP contribution in [0.1, 0.15) is 203 Å². The van der Waals surface area contributed by atoms with Gasteiger partial charge in [0.1, 0.15) is 0 Å². The molecule has 0 unspecified atom stereocenters. The molecule has 11 aromatic rings. The highest BCUT2D eigenvalue weighted by molar-refractivity contribution is 7.00. The summed E-state index contributed by atoms with van der Waals surface area (Å²) in [6.07, 6.45) is 1.14. The Kier molecular flexibility index (Phi) is 14.5. The average molecular weight is 1250 g/mol. The van der Waals surface area contributed by atoms with Crippen LogP contribution in [0.5, 0.6) is 0 Å². The Labute approximate surface area is 569 Å². The first-order chi connectivity index (χ1) is 44.3. The number of anilines is 6. The highest BCUT2D eigenvalue weighted by Gasteiger charge is 2.46. The molecule has 0 fully saturated rings. The maximum atomic E-state index is 2.69. The van der Waals surface area contributed by atoms with E-state index < -0.39 is 0 Å². The van der Waals surface area contributed by atoms with Crippen LogP contribution in [0, 0.1) is 0 Å². The summed E-state index contributed by atoms with van der Waals surface area (Å²) in [5.41, 5.74) is 32.6. The number of fused-ring (bicyclic) bond motifs is 8. The topological polar surface area (TPSA) is 11.4 Å². The standard InChI is InChI=1S/C91H100BN3/c1-84(2,3)62-41-60(42-63(48-62)85(4,5)6)58-34-39-75-79(46-58)93(68-36-31-56(32-37-68)57-33-38-73-74(45-57)91(21,22)55-90(73,19)20)81-53-70(94-77-29-25-23-27-71(77)72-28-24-26-30-78(72)94)54-82-83(81)92(75)76-40-35-59(61-43-64(86(7,8)9)49-65(44-61)87(10,11)12)47-80(76)95(82)69-51-66(88(13,14)15)50-67(52-69)89(16,17)18/h23-54H,55H2,1-22H3. The van der Waals surface area contributed by atoms with Crippen molar-refractivity contribution < 1.29 is 0 Å². The summed E-state index contributed by atoms with van der Waals surface area (Å²) in [5.74, 6) is 0. The second-order valence-electron chi connectivity index (χ2n) is 36.0. The van der Waals surface area contributed by atoms with E-state index in [0.29, 0.717) is 0 Å². The SMILES string of the molecule is CC(C)(C)c1cc(-c2ccc3c(c2)N(c2ccc(-c4ccc5c(c4)C(C)(C)CC5(C)C)cc2)c2cc(-n4c5ccccc5c5ccccc54)cc4c2B3c2ccc(-c3cc(C(C)(C)C)cc(C(C)(C)C)c3)cc2N4c2cc(C(C)(C)C)cc(C(C)(C)C)c2)cc(C(C)(C)C)c1. The molecule has 0 amide bonds. The quantitative estimate of drug-likeness (QED) is 0.154. The Morgan fingerprint density at radius 1 is 0.295 bits per heavy atom. The van der Waals surface area contributed by atoms with E-state index >= 15 is 0 Å². The maximum Gasteiger partial charge on any atom is 0.252 e. The average Bonchev–Trinajstić information content (AvgIpc) is 1.27. The molecule has 0 saturated carbocycles. The van der Waals surface area contributed by atoms with Crippen LogP contribution in [0.15, 0.2) is 194 Å². The second-order valence-corrected chi connectivity index (χ2v) is 36.0. The van der Waals surface area contributed by atoms with Crippen molar-refractivity contribution in [1.82, 2.24) is 4.57 Å². The van der Waals surface area contributed by atoms with Crippen LogP contribution in [0.25, 0.3) is 60.9 Å². The van der Waals surface area contributed by atoms with Gasteiger partial charge in [-0.05, 0) is 205 Å². The molecule has 2 aliphatic heterocycles. The first kappa shape index (κ1) is 64.0. The molecule has 4 heteroatoms. The maximum absolute atomic E-state index is 2.69. The lowest BCUT2D eigenvalue weighted by molar-refractivity contribution is 0.403. The van der Waals surface area contributed by atoms with Crippen LogP contribution in [0.4, 0.5) is 34.1 Å². The van der Waals surface area contributed by atoms with Crippen molar-refractivity contribution in [2.45, 2.75) is 202 Å². The zero-order valence-electron chi connectivity index (χ0n) is 61.1. The number of para-hydroxylation sites is 2. The molecule has 3 nitrogen and oxygen atoms in total. The van der Waals surface area contributed by atoms with Gasteiger partial charge in [-0.3, -0.25) is 0 Å². The van der Waals surface area contributed by atoms with E-state index in [0.717, 1.165) is 17.8 Å². The minimum Gasteiger partial charge on any atom is -0.311 e. The van der Waals surface area contributed by atoms with Crippen molar-refractivity contribution in [1.29, 1.82) is 0 Å². The molecule has 0 spiro atoms. The first-order valence-corrected chi connectivity index (χ1v) is 35.1. The van der Waals surface area contributed by atoms with E-state index in [-0.39, 0.29) is 50.0 Å². The number of nitrogens with zero attached hydrogens (tertiary/aromatic N) is 3. The van der Waals surface area contributed by atoms with Gasteiger partial charge < -0.3 is 14.4 Å². The highest BCUT2D eigenvalue weighted by atomic mass is 15.2. The summed E-state index contributed by atoms with van der Waals surface area (Å²) in [7, 11) is 0. The molecule has 0 bridgehead atoms. The lowest BCUT2D eigenvalue weighted by Crippen LogP contribution is -2.61. The number of aromatic nitrogens is 1. The summed E-state index contributed by atoms with van der Waals surface area (Å²) in [5, 5.41) is 2.49. The van der Waals surface area contributed by atoms with Gasteiger partial charge in [-0.1, -0.05) is 286 Å². The van der Waals surface area contributed by atoms with E-state index in [2.05, 4.69) is 361 Å². The second kappa shape index (κ2) is 21.6. The van der Waals surface area contributed by atoms with E-state index in [1.807, 2.05) is 0 Å². The molecular formula is C91H100BN3. The highest BCUT2D eigenvalue weighted by Crippen LogP contribution is 2.53. The van der Waals surface area contributed by atoms with Crippen LogP contribution in [-0.4, -0.2) is 11.3 Å². The fraction of sp³-hybridized carbons (Fsp3) is 0.341. The third kappa shape index (κ3) is 11.1. The van der Waals surface area contributed by atoms with Crippen molar-refractivity contribution in [3.8, 4) is 39.1 Å². The van der Waals surface area contributed by atoms with E-state index in [1.54, 1.807) is 0 Å². The summed E-state index contributed by atoms with van der Waals surface area (Å²) < 4.78 is 2.55. The van der Waals surface area contributed by atoms with Gasteiger partial charge in [-0.25, -0.2) is 0 Å². The molecule has 1 aliphatic carbocycles. The Morgan fingerprint density at radius 2 is 0.653 bits per heavy atom. The number of benzene rings is 10. The van der Waals surface area contributed by atoms with Crippen LogP contribution in [-0.2, 0) is 43.3 Å². The summed E-state index contributed by atoms with van der Waals surface area (Å²) in [6.45, 7) is 52.1. The summed E-state index contributed by atoms with van der Waals surface area (Å²) >= 11 is 0. The van der Waals surface area contributed by atoms with Gasteiger partial charge in [-0.2, -0.15) is 0 Å². The largest absolute Gasteiger partial charge is 0.311 e. The van der Waals surface area contributed by atoms with Crippen molar-refractivity contribution >= 4 is 79.0 Å². The summed E-state index contributed by atoms with van der Waals surface area (Å²) in [6, 6.07) is 77.4. The van der Waals surface area contributed by atoms with Gasteiger partial charge in [-0.15, -0.1) is 0 Å². The number of rotatable bonds is 6. The van der Waals surface area contributed by atoms with Gasteiger partial charge in [0.15, 0.2) is 0 Å². The van der Waals surface area contributed by atoms with Crippen molar-refractivity contribution in [2.75, 3.05) is 9.80 Å². The molecule has 0 saturated heterocycles. The van der Waals surface area contributed by atoms with E-state index in [1.165, 1.54) is 145 Å². The molecule has 1 aromatic heterocycles. The minimum absolute atomic E-state index is 0.0546. The van der Waals surface area contributed by atoms with Crippen LogP contribution >= 0.6 is 0 Å². The van der Waals surface area contributed by atoms with Crippen LogP contribution < -0.4 is 26.2 Å². The fourth-order valence-electron chi connectivity index (χ4n) is 16.1. The summed E-state index contributed by atoms with van der Waals surface area (Å²) in [4.78, 5) is 5.34. The first-order valence-electron chi connectivity index (χ1n) is 35.1.